The van der Waals surface area contributed by atoms with E-state index >= 15 is 0 Å². The molecule has 2 amide bonds. The molecule has 6 N–H and O–H groups in total. The first-order chi connectivity index (χ1) is 13.5. The maximum Gasteiger partial charge on any atom is 0.229 e. The molecule has 0 aliphatic carbocycles. The lowest BCUT2D eigenvalue weighted by Crippen LogP contribution is -2.62. The fourth-order valence-corrected chi connectivity index (χ4v) is 5.27. The molecule has 4 heterocycles. The van der Waals surface area contributed by atoms with Crippen LogP contribution in [0.1, 0.15) is 25.7 Å². The van der Waals surface area contributed by atoms with E-state index in [-0.39, 0.29) is 49.1 Å². The molecule has 10 heteroatoms. The number of likely N-dealkylation sites (tertiary alicyclic amines) is 1. The zero-order chi connectivity index (χ0) is 19.8. The summed E-state index contributed by atoms with van der Waals surface area (Å²) in [5, 5.41) is 11.4. The number of halogens is 1. The number of carbonyl (C=O) groups is 2. The van der Waals surface area contributed by atoms with Crippen LogP contribution in [-0.2, 0) is 9.59 Å². The maximum absolute atomic E-state index is 13.6. The average molecular weight is 397 g/mol. The van der Waals surface area contributed by atoms with Crippen molar-refractivity contribution >= 4 is 11.8 Å². The van der Waals surface area contributed by atoms with Gasteiger partial charge in [0.1, 0.15) is 6.17 Å². The summed E-state index contributed by atoms with van der Waals surface area (Å²) in [7, 11) is 1.88. The first-order valence-corrected chi connectivity index (χ1v) is 10.4. The van der Waals surface area contributed by atoms with E-state index in [1.54, 1.807) is 5.01 Å². The maximum atomic E-state index is 13.6. The predicted octanol–water partition coefficient (Wildman–Crippen LogP) is -1.92. The van der Waals surface area contributed by atoms with Gasteiger partial charge >= 0.3 is 0 Å². The monoisotopic (exact) mass is 397 g/mol. The number of nitrogens with one attached hydrogen (secondary N) is 4. The van der Waals surface area contributed by atoms with Gasteiger partial charge in [-0.1, -0.05) is 0 Å². The Balaban J connectivity index is 1.44. The zero-order valence-corrected chi connectivity index (χ0v) is 16.4. The lowest BCUT2D eigenvalue weighted by atomic mass is 9.81. The minimum Gasteiger partial charge on any atom is -0.351 e. The molecule has 0 aromatic rings. The molecule has 28 heavy (non-hydrogen) atoms. The second kappa shape index (κ2) is 8.19. The number of piperidine rings is 2. The smallest absolute Gasteiger partial charge is 0.229 e. The second-order valence-corrected chi connectivity index (χ2v) is 8.52. The van der Waals surface area contributed by atoms with Crippen LogP contribution >= 0.6 is 0 Å². The Morgan fingerprint density at radius 1 is 1.32 bits per heavy atom. The quantitative estimate of drug-likeness (QED) is 0.377. The van der Waals surface area contributed by atoms with E-state index in [1.165, 1.54) is 0 Å². The van der Waals surface area contributed by atoms with Crippen molar-refractivity contribution in [2.75, 3.05) is 33.2 Å². The summed E-state index contributed by atoms with van der Waals surface area (Å²) >= 11 is 0. The molecule has 4 aliphatic rings. The minimum absolute atomic E-state index is 0.0571. The number of amides is 2. The molecule has 158 valence electrons. The van der Waals surface area contributed by atoms with E-state index in [2.05, 4.69) is 21.4 Å². The number of nitrogens with zero attached hydrogens (tertiary/aromatic N) is 2. The van der Waals surface area contributed by atoms with E-state index in [1.807, 2.05) is 11.9 Å². The molecule has 0 aromatic carbocycles. The largest absolute Gasteiger partial charge is 0.351 e. The van der Waals surface area contributed by atoms with E-state index < -0.39 is 18.3 Å². The Labute approximate surface area is 164 Å². The van der Waals surface area contributed by atoms with Gasteiger partial charge in [0.05, 0.1) is 18.2 Å². The van der Waals surface area contributed by atoms with Gasteiger partial charge in [-0.05, 0) is 25.8 Å². The predicted molar refractivity (Wildman–Crippen MR) is 101 cm³/mol. The standard InChI is InChI=1S/C18H32FN7O2/c1-25-13(3-2-4-14(25)27)11-5-6-21-8-12(11)23-18(28)15-16(20)24-26-9-10(19)7-22-17(15)26/h10-13,15-17,21-22,24H,2-9,20H2,1H3,(H,23,28). The van der Waals surface area contributed by atoms with Gasteiger partial charge in [0.25, 0.3) is 0 Å². The molecular formula is C18H32FN7O2. The van der Waals surface area contributed by atoms with Crippen molar-refractivity contribution in [3.63, 3.8) is 0 Å². The molecule has 7 unspecified atom stereocenters. The fraction of sp³-hybridized carbons (Fsp3) is 0.889. The topological polar surface area (TPSA) is 115 Å². The Hall–Kier alpha value is -1.33. The highest BCUT2D eigenvalue weighted by Gasteiger charge is 2.48. The van der Waals surface area contributed by atoms with Crippen molar-refractivity contribution in [2.24, 2.45) is 17.6 Å². The highest BCUT2D eigenvalue weighted by molar-refractivity contribution is 5.81. The summed E-state index contributed by atoms with van der Waals surface area (Å²) < 4.78 is 13.6. The van der Waals surface area contributed by atoms with Gasteiger partial charge in [0, 0.05) is 51.1 Å². The Morgan fingerprint density at radius 2 is 2.14 bits per heavy atom. The molecule has 0 spiro atoms. The Morgan fingerprint density at radius 3 is 2.96 bits per heavy atom. The van der Waals surface area contributed by atoms with Crippen molar-refractivity contribution in [1.82, 2.24) is 31.3 Å². The lowest BCUT2D eigenvalue weighted by molar-refractivity contribution is -0.136. The molecular weight excluding hydrogens is 365 g/mol. The Kier molecular flexibility index (Phi) is 5.84. The highest BCUT2D eigenvalue weighted by Crippen LogP contribution is 2.29. The van der Waals surface area contributed by atoms with E-state index in [0.717, 1.165) is 25.8 Å². The first kappa shape index (κ1) is 20.0. The number of alkyl halides is 1. The van der Waals surface area contributed by atoms with Gasteiger partial charge in [-0.25, -0.2) is 14.8 Å². The van der Waals surface area contributed by atoms with Crippen LogP contribution < -0.4 is 27.1 Å². The fourth-order valence-electron chi connectivity index (χ4n) is 5.27. The molecule has 0 bridgehead atoms. The number of carbonyl (C=O) groups excluding carboxylic acids is 2. The third-order valence-electron chi connectivity index (χ3n) is 6.76. The van der Waals surface area contributed by atoms with Crippen LogP contribution in [0.5, 0.6) is 0 Å². The average Bonchev–Trinajstić information content (AvgIpc) is 2.99. The van der Waals surface area contributed by atoms with Crippen molar-refractivity contribution in [3.05, 3.63) is 0 Å². The summed E-state index contributed by atoms with van der Waals surface area (Å²) in [6.45, 7) is 2.01. The number of fused-ring (bicyclic) bond motifs is 1. The van der Waals surface area contributed by atoms with Crippen LogP contribution in [0.15, 0.2) is 0 Å². The summed E-state index contributed by atoms with van der Waals surface area (Å²) in [5.74, 6) is -0.220. The van der Waals surface area contributed by atoms with Gasteiger partial charge in [0.2, 0.25) is 11.8 Å². The molecule has 0 saturated carbocycles. The third kappa shape index (κ3) is 3.76. The van der Waals surface area contributed by atoms with Crippen LogP contribution in [0.25, 0.3) is 0 Å². The number of hydrogen-bond donors (Lipinski definition) is 5. The van der Waals surface area contributed by atoms with Gasteiger partial charge in [-0.2, -0.15) is 0 Å². The van der Waals surface area contributed by atoms with Gasteiger partial charge in [-0.15, -0.1) is 0 Å². The molecule has 9 nitrogen and oxygen atoms in total. The molecule has 4 fully saturated rings. The van der Waals surface area contributed by atoms with Crippen molar-refractivity contribution in [3.8, 4) is 0 Å². The van der Waals surface area contributed by atoms with Crippen molar-refractivity contribution < 1.29 is 14.0 Å². The molecule has 4 aliphatic heterocycles. The van der Waals surface area contributed by atoms with E-state index in [0.29, 0.717) is 13.0 Å². The summed E-state index contributed by atoms with van der Waals surface area (Å²) in [6, 6.07) is 0.0963. The lowest BCUT2D eigenvalue weighted by Gasteiger charge is -2.44. The number of rotatable bonds is 3. The van der Waals surface area contributed by atoms with Crippen LogP contribution in [0.4, 0.5) is 4.39 Å². The van der Waals surface area contributed by atoms with Crippen molar-refractivity contribution in [2.45, 2.75) is 56.3 Å². The normalized spacial score (nSPS) is 42.3. The van der Waals surface area contributed by atoms with Crippen LogP contribution in [0, 0.1) is 11.8 Å². The molecule has 7 atom stereocenters. The van der Waals surface area contributed by atoms with Gasteiger partial charge in [-0.3, -0.25) is 14.9 Å². The van der Waals surface area contributed by atoms with Crippen LogP contribution in [-0.4, -0.2) is 85.5 Å². The summed E-state index contributed by atoms with van der Waals surface area (Å²) in [4.78, 5) is 27.2. The van der Waals surface area contributed by atoms with Crippen molar-refractivity contribution in [1.29, 1.82) is 0 Å². The zero-order valence-electron chi connectivity index (χ0n) is 16.4. The summed E-state index contributed by atoms with van der Waals surface area (Å²) in [6.07, 6.45) is 1.55. The van der Waals surface area contributed by atoms with E-state index in [9.17, 15) is 14.0 Å². The van der Waals surface area contributed by atoms with E-state index in [4.69, 9.17) is 5.73 Å². The molecule has 0 radical (unpaired) electrons. The summed E-state index contributed by atoms with van der Waals surface area (Å²) in [5.41, 5.74) is 9.18. The number of hydrazine groups is 1. The minimum atomic E-state index is -0.982. The second-order valence-electron chi connectivity index (χ2n) is 8.52. The Bertz CT molecular complexity index is 608. The molecule has 0 aromatic heterocycles. The van der Waals surface area contributed by atoms with Crippen LogP contribution in [0.2, 0.25) is 0 Å². The third-order valence-corrected chi connectivity index (χ3v) is 6.76. The van der Waals surface area contributed by atoms with Crippen LogP contribution in [0.3, 0.4) is 0 Å². The van der Waals surface area contributed by atoms with Gasteiger partial charge in [0.15, 0.2) is 0 Å². The molecule has 4 saturated heterocycles. The first-order valence-electron chi connectivity index (χ1n) is 10.4. The SMILES string of the molecule is CN1C(=O)CCCC1C1CCNCC1NC(=O)C1C(N)NN2CC(F)CNC12. The van der Waals surface area contributed by atoms with Gasteiger partial charge < -0.3 is 21.3 Å². The number of hydrogen-bond acceptors (Lipinski definition) is 7. The number of nitrogens with two attached hydrogens (primary N) is 1. The molecule has 4 rings (SSSR count). The highest BCUT2D eigenvalue weighted by atomic mass is 19.1.